The highest BCUT2D eigenvalue weighted by Gasteiger charge is 2.45. The van der Waals surface area contributed by atoms with Gasteiger partial charge in [0.25, 0.3) is 0 Å². The second-order valence-electron chi connectivity index (χ2n) is 4.12. The van der Waals surface area contributed by atoms with Crippen molar-refractivity contribution in [3.63, 3.8) is 0 Å². The van der Waals surface area contributed by atoms with Crippen LogP contribution in [0, 0.1) is 0 Å². The van der Waals surface area contributed by atoms with Gasteiger partial charge in [0.15, 0.2) is 6.10 Å². The van der Waals surface area contributed by atoms with Crippen LogP contribution in [0.4, 0.5) is 4.79 Å². The van der Waals surface area contributed by atoms with E-state index in [1.807, 2.05) is 0 Å². The maximum atomic E-state index is 11.8. The van der Waals surface area contributed by atoms with E-state index in [-0.39, 0.29) is 19.2 Å². The van der Waals surface area contributed by atoms with Crippen LogP contribution in [0.25, 0.3) is 0 Å². The van der Waals surface area contributed by atoms with Gasteiger partial charge in [0.2, 0.25) is 0 Å². The maximum absolute atomic E-state index is 11.8. The van der Waals surface area contributed by atoms with Gasteiger partial charge in [-0.25, -0.2) is 9.59 Å². The molecular formula is C11H15NO6. The van der Waals surface area contributed by atoms with Crippen molar-refractivity contribution >= 4 is 12.1 Å². The molecule has 0 bridgehead atoms. The summed E-state index contributed by atoms with van der Waals surface area (Å²) in [5.74, 6) is -1.10. The molecule has 0 aliphatic carbocycles. The minimum absolute atomic E-state index is 0.0319. The number of hydrogen-bond donors (Lipinski definition) is 1. The van der Waals surface area contributed by atoms with Crippen molar-refractivity contribution < 1.29 is 28.9 Å². The molecule has 0 saturated carbocycles. The van der Waals surface area contributed by atoms with E-state index in [2.05, 4.69) is 6.58 Å². The van der Waals surface area contributed by atoms with Crippen LogP contribution in [0.5, 0.6) is 0 Å². The van der Waals surface area contributed by atoms with E-state index in [1.54, 1.807) is 0 Å². The lowest BCUT2D eigenvalue weighted by molar-refractivity contribution is -0.165. The van der Waals surface area contributed by atoms with Crippen LogP contribution in [0.1, 0.15) is 0 Å². The summed E-state index contributed by atoms with van der Waals surface area (Å²) in [5.41, 5.74) is 0. The fraction of sp³-hybridized carbons (Fsp3) is 0.636. The highest BCUT2D eigenvalue weighted by molar-refractivity contribution is 5.75. The molecule has 7 nitrogen and oxygen atoms in total. The SMILES string of the molecule is C=CCOC(=O)N1CC(C(=O)O)O[C@@H]2COC[C@H]21. The van der Waals surface area contributed by atoms with E-state index >= 15 is 0 Å². The van der Waals surface area contributed by atoms with Crippen LogP contribution < -0.4 is 0 Å². The van der Waals surface area contributed by atoms with Gasteiger partial charge in [-0.1, -0.05) is 12.7 Å². The van der Waals surface area contributed by atoms with Crippen molar-refractivity contribution in [3.8, 4) is 0 Å². The van der Waals surface area contributed by atoms with Gasteiger partial charge in [0, 0.05) is 0 Å². The van der Waals surface area contributed by atoms with Crippen LogP contribution in [-0.2, 0) is 19.0 Å². The van der Waals surface area contributed by atoms with Crippen LogP contribution >= 0.6 is 0 Å². The zero-order valence-corrected chi connectivity index (χ0v) is 9.78. The molecule has 2 saturated heterocycles. The Morgan fingerprint density at radius 2 is 2.28 bits per heavy atom. The molecule has 2 aliphatic rings. The number of carbonyl (C=O) groups is 2. The number of morpholine rings is 1. The first-order valence-corrected chi connectivity index (χ1v) is 5.63. The van der Waals surface area contributed by atoms with E-state index < -0.39 is 24.3 Å². The molecule has 100 valence electrons. The Morgan fingerprint density at radius 1 is 1.50 bits per heavy atom. The lowest BCUT2D eigenvalue weighted by Gasteiger charge is -2.38. The van der Waals surface area contributed by atoms with E-state index in [0.717, 1.165) is 0 Å². The molecule has 2 rings (SSSR count). The minimum Gasteiger partial charge on any atom is -0.479 e. The van der Waals surface area contributed by atoms with Crippen molar-refractivity contribution in [2.45, 2.75) is 18.2 Å². The highest BCUT2D eigenvalue weighted by Crippen LogP contribution is 2.24. The third-order valence-electron chi connectivity index (χ3n) is 2.94. The van der Waals surface area contributed by atoms with E-state index in [9.17, 15) is 9.59 Å². The number of fused-ring (bicyclic) bond motifs is 1. The average Bonchev–Trinajstić information content (AvgIpc) is 2.82. The maximum Gasteiger partial charge on any atom is 0.410 e. The molecule has 0 radical (unpaired) electrons. The van der Waals surface area contributed by atoms with E-state index in [0.29, 0.717) is 13.2 Å². The Balaban J connectivity index is 2.07. The zero-order valence-electron chi connectivity index (χ0n) is 9.78. The molecule has 1 amide bonds. The van der Waals surface area contributed by atoms with Crippen molar-refractivity contribution in [2.24, 2.45) is 0 Å². The number of carbonyl (C=O) groups excluding carboxylic acids is 1. The smallest absolute Gasteiger partial charge is 0.410 e. The van der Waals surface area contributed by atoms with Gasteiger partial charge < -0.3 is 19.3 Å². The molecule has 1 N–H and O–H groups in total. The molecule has 7 heteroatoms. The summed E-state index contributed by atoms with van der Waals surface area (Å²) in [6, 6.07) is -0.280. The Hall–Kier alpha value is -1.60. The summed E-state index contributed by atoms with van der Waals surface area (Å²) < 4.78 is 15.5. The highest BCUT2D eigenvalue weighted by atomic mass is 16.6. The summed E-state index contributed by atoms with van der Waals surface area (Å²) >= 11 is 0. The number of aliphatic carboxylic acids is 1. The van der Waals surface area contributed by atoms with Gasteiger partial charge in [0.05, 0.1) is 25.8 Å². The number of amides is 1. The first kappa shape index (κ1) is 12.8. The van der Waals surface area contributed by atoms with E-state index in [4.69, 9.17) is 19.3 Å². The van der Waals surface area contributed by atoms with Gasteiger partial charge in [-0.05, 0) is 0 Å². The minimum atomic E-state index is -1.10. The van der Waals surface area contributed by atoms with Crippen molar-refractivity contribution in [1.82, 2.24) is 4.90 Å². The fourth-order valence-electron chi connectivity index (χ4n) is 2.07. The van der Waals surface area contributed by atoms with E-state index in [1.165, 1.54) is 11.0 Å². The van der Waals surface area contributed by atoms with Gasteiger partial charge in [-0.2, -0.15) is 0 Å². The molecule has 18 heavy (non-hydrogen) atoms. The number of carboxylic acid groups (broad SMARTS) is 1. The van der Waals surface area contributed by atoms with Crippen molar-refractivity contribution in [1.29, 1.82) is 0 Å². The molecular weight excluding hydrogens is 242 g/mol. The van der Waals surface area contributed by atoms with Crippen molar-refractivity contribution in [2.75, 3.05) is 26.4 Å². The van der Waals surface area contributed by atoms with Crippen LogP contribution in [0.3, 0.4) is 0 Å². The van der Waals surface area contributed by atoms with Gasteiger partial charge in [0.1, 0.15) is 12.7 Å². The summed E-state index contributed by atoms with van der Waals surface area (Å²) in [6.45, 7) is 4.13. The van der Waals surface area contributed by atoms with Crippen LogP contribution in [0.15, 0.2) is 12.7 Å². The third-order valence-corrected chi connectivity index (χ3v) is 2.94. The molecule has 0 aromatic carbocycles. The monoisotopic (exact) mass is 257 g/mol. The molecule has 2 heterocycles. The fourth-order valence-corrected chi connectivity index (χ4v) is 2.07. The number of nitrogens with zero attached hydrogens (tertiary/aromatic N) is 1. The Kier molecular flexibility index (Phi) is 3.83. The molecule has 1 unspecified atom stereocenters. The topological polar surface area (TPSA) is 85.3 Å². The molecule has 0 spiro atoms. The number of carboxylic acids is 1. The second-order valence-corrected chi connectivity index (χ2v) is 4.12. The summed E-state index contributed by atoms with van der Waals surface area (Å²) in [6.07, 6.45) is -0.555. The largest absolute Gasteiger partial charge is 0.479 e. The van der Waals surface area contributed by atoms with Gasteiger partial charge in [-0.15, -0.1) is 0 Å². The Labute approximate surface area is 104 Å². The number of ether oxygens (including phenoxy) is 3. The number of rotatable bonds is 3. The Bertz CT molecular complexity index is 357. The average molecular weight is 257 g/mol. The quantitative estimate of drug-likeness (QED) is 0.708. The predicted octanol–water partition coefficient (Wildman–Crippen LogP) is -0.138. The zero-order chi connectivity index (χ0) is 13.1. The second kappa shape index (κ2) is 5.36. The normalized spacial score (nSPS) is 30.7. The van der Waals surface area contributed by atoms with Crippen LogP contribution in [0.2, 0.25) is 0 Å². The van der Waals surface area contributed by atoms with Gasteiger partial charge >= 0.3 is 12.1 Å². The van der Waals surface area contributed by atoms with Crippen LogP contribution in [-0.4, -0.2) is 66.7 Å². The molecule has 0 aromatic heterocycles. The molecule has 2 fully saturated rings. The summed E-state index contributed by atoms with van der Waals surface area (Å²) in [7, 11) is 0. The third kappa shape index (κ3) is 2.46. The number of hydrogen-bond acceptors (Lipinski definition) is 5. The molecule has 2 aliphatic heterocycles. The first-order valence-electron chi connectivity index (χ1n) is 5.63. The first-order chi connectivity index (χ1) is 8.63. The standard InChI is InChI=1S/C11H15NO6/c1-2-3-17-11(15)12-4-8(10(13)14)18-9-6-16-5-7(9)12/h2,7-9H,1,3-6H2,(H,13,14)/t7-,8?,9-/m1/s1. The predicted molar refractivity (Wildman–Crippen MR) is 59.2 cm³/mol. The summed E-state index contributed by atoms with van der Waals surface area (Å²) in [5, 5.41) is 8.97. The lowest BCUT2D eigenvalue weighted by Crippen LogP contribution is -2.58. The Morgan fingerprint density at radius 3 is 2.94 bits per heavy atom. The summed E-state index contributed by atoms with van der Waals surface area (Å²) in [4.78, 5) is 24.1. The van der Waals surface area contributed by atoms with Crippen molar-refractivity contribution in [3.05, 3.63) is 12.7 Å². The lowest BCUT2D eigenvalue weighted by atomic mass is 10.1. The van der Waals surface area contributed by atoms with Gasteiger partial charge in [-0.3, -0.25) is 4.90 Å². The molecule has 0 aromatic rings. The molecule has 3 atom stereocenters.